The van der Waals surface area contributed by atoms with Crippen LogP contribution < -0.4 is 4.74 Å². The molecule has 5 heteroatoms. The maximum atomic E-state index is 15.2. The fraction of sp³-hybridized carbons (Fsp3) is 0.481. The minimum atomic E-state index is -4.74. The molecule has 2 aliphatic rings. The number of fused-ring (bicyclic) bond motifs is 1. The van der Waals surface area contributed by atoms with E-state index in [9.17, 15) is 13.2 Å². The summed E-state index contributed by atoms with van der Waals surface area (Å²) in [6, 6.07) is 9.01. The van der Waals surface area contributed by atoms with Crippen molar-refractivity contribution in [3.8, 4) is 16.9 Å². The molecule has 1 nitrogen and oxygen atoms in total. The van der Waals surface area contributed by atoms with Gasteiger partial charge in [0.1, 0.15) is 11.6 Å². The Morgan fingerprint density at radius 1 is 0.906 bits per heavy atom. The van der Waals surface area contributed by atoms with Gasteiger partial charge in [0.15, 0.2) is 0 Å². The van der Waals surface area contributed by atoms with E-state index in [1.165, 1.54) is 68.4 Å². The number of hydrogen-bond acceptors (Lipinski definition) is 1. The van der Waals surface area contributed by atoms with Crippen molar-refractivity contribution >= 4 is 6.08 Å². The first kappa shape index (κ1) is 22.9. The van der Waals surface area contributed by atoms with Crippen LogP contribution in [-0.2, 0) is 6.42 Å². The van der Waals surface area contributed by atoms with Crippen molar-refractivity contribution in [2.75, 3.05) is 0 Å². The highest BCUT2D eigenvalue weighted by Crippen LogP contribution is 2.37. The molecule has 0 unspecified atom stereocenters. The number of benzene rings is 2. The average molecular weight is 447 g/mol. The zero-order chi connectivity index (χ0) is 22.7. The molecule has 1 fully saturated rings. The second-order valence-corrected chi connectivity index (χ2v) is 9.20. The van der Waals surface area contributed by atoms with Crippen LogP contribution in [0.3, 0.4) is 0 Å². The quantitative estimate of drug-likeness (QED) is 0.403. The Morgan fingerprint density at radius 3 is 2.25 bits per heavy atom. The molecule has 0 bridgehead atoms. The minimum absolute atomic E-state index is 0.278. The zero-order valence-corrected chi connectivity index (χ0v) is 18.5. The lowest BCUT2D eigenvalue weighted by Crippen LogP contribution is -2.16. The van der Waals surface area contributed by atoms with Crippen LogP contribution in [0.1, 0.15) is 69.4 Å². The van der Waals surface area contributed by atoms with Crippen LogP contribution in [-0.4, -0.2) is 6.36 Å². The van der Waals surface area contributed by atoms with Gasteiger partial charge < -0.3 is 4.74 Å². The summed E-state index contributed by atoms with van der Waals surface area (Å²) in [6.45, 7) is 2.29. The third kappa shape index (κ3) is 5.54. The average Bonchev–Trinajstić information content (AvgIpc) is 2.78. The van der Waals surface area contributed by atoms with E-state index in [-0.39, 0.29) is 11.6 Å². The first-order valence-electron chi connectivity index (χ1n) is 11.7. The second kappa shape index (κ2) is 9.68. The molecular weight excluding hydrogens is 416 g/mol. The van der Waals surface area contributed by atoms with E-state index in [1.54, 1.807) is 6.07 Å². The fourth-order valence-corrected chi connectivity index (χ4v) is 5.18. The van der Waals surface area contributed by atoms with Gasteiger partial charge in [-0.05, 0) is 66.3 Å². The van der Waals surface area contributed by atoms with Crippen molar-refractivity contribution in [2.45, 2.75) is 71.1 Å². The highest BCUT2D eigenvalue weighted by atomic mass is 19.4. The van der Waals surface area contributed by atoms with Gasteiger partial charge in [0, 0.05) is 5.56 Å². The van der Waals surface area contributed by atoms with Gasteiger partial charge >= 0.3 is 6.36 Å². The number of allylic oxidation sites excluding steroid dienone is 1. The van der Waals surface area contributed by atoms with Crippen LogP contribution in [0.5, 0.6) is 5.75 Å². The highest BCUT2D eigenvalue weighted by Gasteiger charge is 2.31. The summed E-state index contributed by atoms with van der Waals surface area (Å²) < 4.78 is 56.2. The molecule has 0 aromatic heterocycles. The van der Waals surface area contributed by atoms with Crippen LogP contribution in [0.4, 0.5) is 17.6 Å². The van der Waals surface area contributed by atoms with Gasteiger partial charge in [-0.2, -0.15) is 0 Å². The van der Waals surface area contributed by atoms with Crippen LogP contribution >= 0.6 is 0 Å². The van der Waals surface area contributed by atoms with Crippen molar-refractivity contribution in [3.05, 3.63) is 58.9 Å². The normalized spacial score (nSPS) is 21.1. The van der Waals surface area contributed by atoms with Crippen molar-refractivity contribution in [3.63, 3.8) is 0 Å². The molecule has 2 aromatic rings. The lowest BCUT2D eigenvalue weighted by atomic mass is 9.78. The molecule has 0 N–H and O–H groups in total. The summed E-state index contributed by atoms with van der Waals surface area (Å²) in [5.74, 6) is 1.15. The summed E-state index contributed by atoms with van der Waals surface area (Å²) in [6.07, 6.45) is 7.96. The van der Waals surface area contributed by atoms with Crippen LogP contribution in [0.25, 0.3) is 17.2 Å². The summed E-state index contributed by atoms with van der Waals surface area (Å²) >= 11 is 0. The molecule has 32 heavy (non-hydrogen) atoms. The van der Waals surface area contributed by atoms with Gasteiger partial charge in [0.2, 0.25) is 0 Å². The first-order chi connectivity index (χ1) is 15.3. The number of halogens is 4. The van der Waals surface area contributed by atoms with Crippen molar-refractivity contribution in [1.29, 1.82) is 0 Å². The monoisotopic (exact) mass is 446 g/mol. The van der Waals surface area contributed by atoms with E-state index in [1.807, 2.05) is 6.07 Å². The number of alkyl halides is 3. The Balaban J connectivity index is 1.42. The molecule has 0 aliphatic heterocycles. The molecule has 1 saturated carbocycles. The molecule has 2 aromatic carbocycles. The van der Waals surface area contributed by atoms with Crippen LogP contribution in [0, 0.1) is 17.7 Å². The van der Waals surface area contributed by atoms with Crippen molar-refractivity contribution < 1.29 is 22.3 Å². The number of hydrogen-bond donors (Lipinski definition) is 0. The third-order valence-corrected chi connectivity index (χ3v) is 7.15. The molecule has 172 valence electrons. The van der Waals surface area contributed by atoms with Gasteiger partial charge in [-0.25, -0.2) is 4.39 Å². The smallest absolute Gasteiger partial charge is 0.406 e. The maximum absolute atomic E-state index is 15.2. The lowest BCUT2D eigenvalue weighted by molar-refractivity contribution is -0.274. The van der Waals surface area contributed by atoms with Gasteiger partial charge in [-0.15, -0.1) is 13.2 Å². The third-order valence-electron chi connectivity index (χ3n) is 7.15. The van der Waals surface area contributed by atoms with Gasteiger partial charge in [-0.3, -0.25) is 0 Å². The molecular formula is C27H30F4O. The Labute approximate surface area is 187 Å². The van der Waals surface area contributed by atoms with E-state index in [0.29, 0.717) is 23.1 Å². The van der Waals surface area contributed by atoms with E-state index in [2.05, 4.69) is 17.7 Å². The Kier molecular flexibility index (Phi) is 6.92. The number of ether oxygens (including phenoxy) is 1. The standard InChI is InChI=1S/C27H30F4O/c1-2-18-3-5-19(6-4-18)7-8-20-9-15-25-22(17-20)12-16-24(26(25)28)21-10-13-23(14-11-21)32-27(29,30)31/h10-14,16-19H,2-9,15H2,1H3. The number of rotatable bonds is 6. The lowest BCUT2D eigenvalue weighted by Gasteiger charge is -2.28. The molecule has 4 rings (SSSR count). The molecule has 0 saturated heterocycles. The van der Waals surface area contributed by atoms with Crippen LogP contribution in [0.15, 0.2) is 42.0 Å². The molecule has 0 atom stereocenters. The second-order valence-electron chi connectivity index (χ2n) is 9.20. The fourth-order valence-electron chi connectivity index (χ4n) is 5.18. The van der Waals surface area contributed by atoms with E-state index >= 15 is 4.39 Å². The predicted octanol–water partition coefficient (Wildman–Crippen LogP) is 8.72. The van der Waals surface area contributed by atoms with Crippen LogP contribution in [0.2, 0.25) is 0 Å². The Bertz CT molecular complexity index is 951. The SMILES string of the molecule is CCC1CCC(CCC2=Cc3ccc(-c4ccc(OC(F)(F)F)cc4)c(F)c3CC2)CC1. The van der Waals surface area contributed by atoms with Crippen molar-refractivity contribution in [1.82, 2.24) is 0 Å². The topological polar surface area (TPSA) is 9.23 Å². The van der Waals surface area contributed by atoms with E-state index < -0.39 is 6.36 Å². The van der Waals surface area contributed by atoms with Gasteiger partial charge in [0.25, 0.3) is 0 Å². The molecule has 0 spiro atoms. The van der Waals surface area contributed by atoms with Gasteiger partial charge in [0.05, 0.1) is 0 Å². The molecule has 0 amide bonds. The zero-order valence-electron chi connectivity index (χ0n) is 18.5. The summed E-state index contributed by atoms with van der Waals surface area (Å²) in [7, 11) is 0. The molecule has 2 aliphatic carbocycles. The predicted molar refractivity (Wildman–Crippen MR) is 120 cm³/mol. The summed E-state index contributed by atoms with van der Waals surface area (Å²) in [5.41, 5.74) is 3.98. The van der Waals surface area contributed by atoms with E-state index in [0.717, 1.165) is 30.2 Å². The maximum Gasteiger partial charge on any atom is 0.573 e. The van der Waals surface area contributed by atoms with Crippen molar-refractivity contribution in [2.24, 2.45) is 11.8 Å². The molecule has 0 radical (unpaired) electrons. The van der Waals surface area contributed by atoms with E-state index in [4.69, 9.17) is 0 Å². The highest BCUT2D eigenvalue weighted by molar-refractivity contribution is 5.71. The molecule has 0 heterocycles. The largest absolute Gasteiger partial charge is 0.573 e. The first-order valence-corrected chi connectivity index (χ1v) is 11.7. The van der Waals surface area contributed by atoms with Gasteiger partial charge in [-0.1, -0.05) is 74.9 Å². The Morgan fingerprint density at radius 2 is 1.59 bits per heavy atom. The minimum Gasteiger partial charge on any atom is -0.406 e. The Hall–Kier alpha value is -2.30. The summed E-state index contributed by atoms with van der Waals surface area (Å²) in [4.78, 5) is 0. The summed E-state index contributed by atoms with van der Waals surface area (Å²) in [5, 5.41) is 0.